The van der Waals surface area contributed by atoms with Gasteiger partial charge in [0.25, 0.3) is 0 Å². The number of benzene rings is 1. The van der Waals surface area contributed by atoms with Gasteiger partial charge in [-0.1, -0.05) is 50.1 Å². The Labute approximate surface area is 118 Å². The van der Waals surface area contributed by atoms with Crippen LogP contribution in [0.15, 0.2) is 30.3 Å². The van der Waals surface area contributed by atoms with E-state index in [0.717, 1.165) is 13.1 Å². The molecule has 2 atom stereocenters. The molecule has 1 N–H and O–H groups in total. The van der Waals surface area contributed by atoms with Crippen molar-refractivity contribution in [2.24, 2.45) is 0 Å². The topological polar surface area (TPSA) is 15.3 Å². The molecule has 0 bridgehead atoms. The molecule has 1 heterocycles. The highest BCUT2D eigenvalue weighted by Gasteiger charge is 2.23. The maximum Gasteiger partial charge on any atom is 0.0449 e. The van der Waals surface area contributed by atoms with Gasteiger partial charge >= 0.3 is 0 Å². The molecule has 0 spiro atoms. The normalized spacial score (nSPS) is 25.2. The zero-order chi connectivity index (χ0) is 13.5. The van der Waals surface area contributed by atoms with Crippen molar-refractivity contribution in [2.45, 2.75) is 51.6 Å². The van der Waals surface area contributed by atoms with Gasteiger partial charge in [-0.3, -0.25) is 4.90 Å². The van der Waals surface area contributed by atoms with Crippen LogP contribution in [-0.2, 0) is 0 Å². The van der Waals surface area contributed by atoms with Crippen molar-refractivity contribution in [1.82, 2.24) is 10.2 Å². The quantitative estimate of drug-likeness (QED) is 0.814. The Morgan fingerprint density at radius 3 is 2.74 bits per heavy atom. The van der Waals surface area contributed by atoms with Gasteiger partial charge in [-0.05, 0) is 38.4 Å². The number of nitrogens with one attached hydrogen (secondary N) is 1. The Balaban J connectivity index is 1.98. The van der Waals surface area contributed by atoms with E-state index < -0.39 is 0 Å². The van der Waals surface area contributed by atoms with E-state index in [-0.39, 0.29) is 0 Å². The second-order valence-electron chi connectivity index (χ2n) is 5.76. The van der Waals surface area contributed by atoms with Crippen molar-refractivity contribution in [1.29, 1.82) is 0 Å². The molecule has 0 radical (unpaired) electrons. The van der Waals surface area contributed by atoms with Crippen molar-refractivity contribution in [3.63, 3.8) is 0 Å². The lowest BCUT2D eigenvalue weighted by Gasteiger charge is -2.29. The molecule has 1 aliphatic rings. The van der Waals surface area contributed by atoms with Crippen LogP contribution in [0.25, 0.3) is 0 Å². The molecule has 1 saturated heterocycles. The average molecular weight is 260 g/mol. The van der Waals surface area contributed by atoms with Crippen LogP contribution in [0.4, 0.5) is 0 Å². The largest absolute Gasteiger partial charge is 0.309 e. The van der Waals surface area contributed by atoms with E-state index in [1.165, 1.54) is 37.8 Å². The number of nitrogens with zero attached hydrogens (tertiary/aromatic N) is 1. The molecule has 2 heteroatoms. The SMILES string of the molecule is CCCCCN1CC(c2ccccc2)NCCC1C. The number of rotatable bonds is 5. The van der Waals surface area contributed by atoms with E-state index in [0.29, 0.717) is 12.1 Å². The van der Waals surface area contributed by atoms with Crippen LogP contribution < -0.4 is 5.32 Å². The van der Waals surface area contributed by atoms with E-state index in [1.54, 1.807) is 0 Å². The van der Waals surface area contributed by atoms with Crippen LogP contribution in [0.5, 0.6) is 0 Å². The summed E-state index contributed by atoms with van der Waals surface area (Å²) in [6.45, 7) is 8.18. The Kier molecular flexibility index (Phi) is 5.87. The molecule has 0 aliphatic carbocycles. The molecule has 1 aromatic carbocycles. The molecule has 19 heavy (non-hydrogen) atoms. The van der Waals surface area contributed by atoms with E-state index in [4.69, 9.17) is 0 Å². The van der Waals surface area contributed by atoms with Gasteiger partial charge in [0, 0.05) is 18.6 Å². The monoisotopic (exact) mass is 260 g/mol. The van der Waals surface area contributed by atoms with E-state index in [2.05, 4.69) is 54.4 Å². The first-order chi connectivity index (χ1) is 9.31. The summed E-state index contributed by atoms with van der Waals surface area (Å²) in [6.07, 6.45) is 5.26. The lowest BCUT2D eigenvalue weighted by atomic mass is 10.1. The first-order valence-corrected chi connectivity index (χ1v) is 7.83. The van der Waals surface area contributed by atoms with Gasteiger partial charge in [0.1, 0.15) is 0 Å². The minimum atomic E-state index is 0.493. The molecule has 1 aliphatic heterocycles. The standard InChI is InChI=1S/C17H28N2/c1-3-4-8-13-19-14-17(18-12-11-15(19)2)16-9-6-5-7-10-16/h5-7,9-10,15,17-18H,3-4,8,11-14H2,1-2H3. The maximum absolute atomic E-state index is 3.71. The molecule has 0 aromatic heterocycles. The van der Waals surface area contributed by atoms with Gasteiger partial charge in [-0.2, -0.15) is 0 Å². The van der Waals surface area contributed by atoms with Crippen molar-refractivity contribution < 1.29 is 0 Å². The van der Waals surface area contributed by atoms with Crippen LogP contribution in [0, 0.1) is 0 Å². The summed E-state index contributed by atoms with van der Waals surface area (Å²) in [4.78, 5) is 2.67. The van der Waals surface area contributed by atoms with E-state index in [9.17, 15) is 0 Å². The molecule has 2 unspecified atom stereocenters. The van der Waals surface area contributed by atoms with Gasteiger partial charge in [0.05, 0.1) is 0 Å². The lowest BCUT2D eigenvalue weighted by molar-refractivity contribution is 0.201. The van der Waals surface area contributed by atoms with Gasteiger partial charge in [0.2, 0.25) is 0 Å². The van der Waals surface area contributed by atoms with Gasteiger partial charge < -0.3 is 5.32 Å². The van der Waals surface area contributed by atoms with Gasteiger partial charge in [-0.25, -0.2) is 0 Å². The van der Waals surface area contributed by atoms with Crippen molar-refractivity contribution in [2.75, 3.05) is 19.6 Å². The first-order valence-electron chi connectivity index (χ1n) is 7.83. The summed E-state index contributed by atoms with van der Waals surface area (Å²) >= 11 is 0. The van der Waals surface area contributed by atoms with Gasteiger partial charge in [-0.15, -0.1) is 0 Å². The number of unbranched alkanes of at least 4 members (excludes halogenated alkanes) is 2. The summed E-state index contributed by atoms with van der Waals surface area (Å²) in [5.74, 6) is 0. The van der Waals surface area contributed by atoms with Crippen LogP contribution >= 0.6 is 0 Å². The second-order valence-corrected chi connectivity index (χ2v) is 5.76. The van der Waals surface area contributed by atoms with E-state index >= 15 is 0 Å². The lowest BCUT2D eigenvalue weighted by Crippen LogP contribution is -2.36. The summed E-state index contributed by atoms with van der Waals surface area (Å²) in [5.41, 5.74) is 1.43. The highest BCUT2D eigenvalue weighted by Crippen LogP contribution is 2.20. The predicted molar refractivity (Wildman–Crippen MR) is 82.4 cm³/mol. The average Bonchev–Trinajstić information content (AvgIpc) is 2.63. The van der Waals surface area contributed by atoms with Crippen molar-refractivity contribution in [3.05, 3.63) is 35.9 Å². The zero-order valence-electron chi connectivity index (χ0n) is 12.4. The fourth-order valence-corrected chi connectivity index (χ4v) is 2.91. The summed E-state index contributed by atoms with van der Waals surface area (Å²) in [7, 11) is 0. The van der Waals surface area contributed by atoms with Crippen molar-refractivity contribution in [3.8, 4) is 0 Å². The molecule has 2 rings (SSSR count). The molecule has 2 nitrogen and oxygen atoms in total. The maximum atomic E-state index is 3.71. The summed E-state index contributed by atoms with van der Waals surface area (Å²) in [6, 6.07) is 12.1. The highest BCUT2D eigenvalue weighted by atomic mass is 15.2. The molecule has 0 amide bonds. The van der Waals surface area contributed by atoms with Crippen LogP contribution in [0.1, 0.15) is 51.1 Å². The highest BCUT2D eigenvalue weighted by molar-refractivity contribution is 5.19. The summed E-state index contributed by atoms with van der Waals surface area (Å²) < 4.78 is 0. The van der Waals surface area contributed by atoms with Crippen LogP contribution in [-0.4, -0.2) is 30.6 Å². The fraction of sp³-hybridized carbons (Fsp3) is 0.647. The Morgan fingerprint density at radius 1 is 1.21 bits per heavy atom. The fourth-order valence-electron chi connectivity index (χ4n) is 2.91. The molecule has 1 fully saturated rings. The molecule has 106 valence electrons. The number of hydrogen-bond acceptors (Lipinski definition) is 2. The Hall–Kier alpha value is -0.860. The van der Waals surface area contributed by atoms with Crippen LogP contribution in [0.2, 0.25) is 0 Å². The Morgan fingerprint density at radius 2 is 2.00 bits per heavy atom. The smallest absolute Gasteiger partial charge is 0.0449 e. The second kappa shape index (κ2) is 7.66. The minimum Gasteiger partial charge on any atom is -0.309 e. The van der Waals surface area contributed by atoms with Crippen LogP contribution in [0.3, 0.4) is 0 Å². The third kappa shape index (κ3) is 4.32. The number of hydrogen-bond donors (Lipinski definition) is 1. The van der Waals surface area contributed by atoms with Crippen molar-refractivity contribution >= 4 is 0 Å². The van der Waals surface area contributed by atoms with E-state index in [1.807, 2.05) is 0 Å². The minimum absolute atomic E-state index is 0.493. The molecular weight excluding hydrogens is 232 g/mol. The molecule has 1 aromatic rings. The zero-order valence-corrected chi connectivity index (χ0v) is 12.4. The van der Waals surface area contributed by atoms with Gasteiger partial charge in [0.15, 0.2) is 0 Å². The predicted octanol–water partition coefficient (Wildman–Crippen LogP) is 3.60. The third-order valence-electron chi connectivity index (χ3n) is 4.24. The third-order valence-corrected chi connectivity index (χ3v) is 4.24. The molecular formula is C17H28N2. The first kappa shape index (κ1) is 14.5. The molecule has 0 saturated carbocycles. The summed E-state index contributed by atoms with van der Waals surface area (Å²) in [5, 5.41) is 3.71. The Bertz CT molecular complexity index is 350.